The summed E-state index contributed by atoms with van der Waals surface area (Å²) >= 11 is 0. The van der Waals surface area contributed by atoms with Gasteiger partial charge in [-0.2, -0.15) is 0 Å². The van der Waals surface area contributed by atoms with Crippen LogP contribution in [0.2, 0.25) is 0 Å². The van der Waals surface area contributed by atoms with Crippen LogP contribution in [0.25, 0.3) is 0 Å². The lowest BCUT2D eigenvalue weighted by Gasteiger charge is -2.22. The molecule has 0 saturated heterocycles. The number of rotatable bonds is 0. The van der Waals surface area contributed by atoms with Crippen LogP contribution in [0, 0.1) is 0 Å². The van der Waals surface area contributed by atoms with Crippen molar-refractivity contribution in [1.29, 1.82) is 0 Å². The molecule has 2 N–H and O–H groups in total. The van der Waals surface area contributed by atoms with E-state index in [-0.39, 0.29) is 11.9 Å². The molecule has 0 spiro atoms. The van der Waals surface area contributed by atoms with E-state index < -0.39 is 0 Å². The number of carbonyl (C=O) groups excluding carboxylic acids is 1. The molecule has 1 aromatic carbocycles. The molecule has 0 fully saturated rings. The average molecular weight is 174 g/mol. The van der Waals surface area contributed by atoms with Crippen molar-refractivity contribution in [3.63, 3.8) is 0 Å². The molecule has 0 aromatic heterocycles. The molecule has 2 aliphatic rings. The Hall–Kier alpha value is -1.51. The average Bonchev–Trinajstić information content (AvgIpc) is 2.47. The third-order valence-electron chi connectivity index (χ3n) is 2.75. The summed E-state index contributed by atoms with van der Waals surface area (Å²) in [5.74, 6) is 0.0746. The SMILES string of the molecule is O=C1NC2CCNc3cccc1c32. The first-order valence-corrected chi connectivity index (χ1v) is 4.54. The number of amides is 1. The Morgan fingerprint density at radius 2 is 2.31 bits per heavy atom. The number of benzene rings is 1. The zero-order valence-corrected chi connectivity index (χ0v) is 7.13. The van der Waals surface area contributed by atoms with E-state index in [4.69, 9.17) is 0 Å². The van der Waals surface area contributed by atoms with Gasteiger partial charge in [0, 0.05) is 23.4 Å². The van der Waals surface area contributed by atoms with Crippen LogP contribution in [-0.2, 0) is 0 Å². The Balaban J connectivity index is 2.28. The molecule has 0 aliphatic carbocycles. The number of hydrogen-bond acceptors (Lipinski definition) is 2. The molecule has 1 atom stereocenters. The number of hydrogen-bond donors (Lipinski definition) is 2. The largest absolute Gasteiger partial charge is 0.385 e. The van der Waals surface area contributed by atoms with Gasteiger partial charge in [-0.15, -0.1) is 0 Å². The highest BCUT2D eigenvalue weighted by atomic mass is 16.2. The molecule has 1 unspecified atom stereocenters. The monoisotopic (exact) mass is 174 g/mol. The van der Waals surface area contributed by atoms with Crippen LogP contribution in [0.3, 0.4) is 0 Å². The fourth-order valence-electron chi connectivity index (χ4n) is 2.17. The minimum absolute atomic E-state index is 0.0746. The lowest BCUT2D eigenvalue weighted by atomic mass is 9.97. The summed E-state index contributed by atoms with van der Waals surface area (Å²) in [4.78, 5) is 11.5. The summed E-state index contributed by atoms with van der Waals surface area (Å²) in [7, 11) is 0. The molecule has 3 heteroatoms. The van der Waals surface area contributed by atoms with Gasteiger partial charge in [0.05, 0.1) is 6.04 Å². The zero-order chi connectivity index (χ0) is 8.84. The molecule has 66 valence electrons. The van der Waals surface area contributed by atoms with Crippen molar-refractivity contribution in [2.45, 2.75) is 12.5 Å². The number of nitrogens with one attached hydrogen (secondary N) is 2. The van der Waals surface area contributed by atoms with Crippen molar-refractivity contribution in [3.8, 4) is 0 Å². The minimum atomic E-state index is 0.0746. The Morgan fingerprint density at radius 3 is 3.23 bits per heavy atom. The fourth-order valence-corrected chi connectivity index (χ4v) is 2.17. The highest BCUT2D eigenvalue weighted by Crippen LogP contribution is 2.36. The van der Waals surface area contributed by atoms with Gasteiger partial charge in [0.2, 0.25) is 0 Å². The van der Waals surface area contributed by atoms with Crippen LogP contribution in [0.15, 0.2) is 18.2 Å². The lowest BCUT2D eigenvalue weighted by Crippen LogP contribution is -2.24. The van der Waals surface area contributed by atoms with Gasteiger partial charge in [-0.3, -0.25) is 4.79 Å². The molecule has 0 radical (unpaired) electrons. The van der Waals surface area contributed by atoms with Crippen molar-refractivity contribution in [3.05, 3.63) is 29.3 Å². The van der Waals surface area contributed by atoms with Crippen molar-refractivity contribution >= 4 is 11.6 Å². The van der Waals surface area contributed by atoms with E-state index in [1.807, 2.05) is 18.2 Å². The first-order valence-electron chi connectivity index (χ1n) is 4.54. The Morgan fingerprint density at radius 1 is 1.38 bits per heavy atom. The van der Waals surface area contributed by atoms with Gasteiger partial charge in [-0.1, -0.05) is 6.07 Å². The van der Waals surface area contributed by atoms with Crippen LogP contribution in [0.4, 0.5) is 5.69 Å². The van der Waals surface area contributed by atoms with E-state index in [0.29, 0.717) is 0 Å². The number of anilines is 1. The van der Waals surface area contributed by atoms with E-state index in [0.717, 1.165) is 24.2 Å². The van der Waals surface area contributed by atoms with Gasteiger partial charge in [0.25, 0.3) is 5.91 Å². The predicted molar refractivity (Wildman–Crippen MR) is 49.8 cm³/mol. The van der Waals surface area contributed by atoms with E-state index in [9.17, 15) is 4.79 Å². The second-order valence-corrected chi connectivity index (χ2v) is 3.51. The molecule has 0 bridgehead atoms. The van der Waals surface area contributed by atoms with Gasteiger partial charge < -0.3 is 10.6 Å². The molecular weight excluding hydrogens is 164 g/mol. The summed E-state index contributed by atoms with van der Waals surface area (Å²) < 4.78 is 0. The Labute approximate surface area is 76.1 Å². The van der Waals surface area contributed by atoms with Gasteiger partial charge in [-0.05, 0) is 18.6 Å². The summed E-state index contributed by atoms with van der Waals surface area (Å²) in [5, 5.41) is 6.28. The standard InChI is InChI=1S/C10H10N2O/c13-10-6-2-1-3-7-9(6)8(12-10)4-5-11-7/h1-3,8,11H,4-5H2,(H,12,13). The zero-order valence-electron chi connectivity index (χ0n) is 7.13. The minimum Gasteiger partial charge on any atom is -0.385 e. The molecule has 13 heavy (non-hydrogen) atoms. The van der Waals surface area contributed by atoms with Crippen molar-refractivity contribution in [1.82, 2.24) is 5.32 Å². The second-order valence-electron chi connectivity index (χ2n) is 3.51. The molecule has 1 aromatic rings. The first kappa shape index (κ1) is 6.95. The second kappa shape index (κ2) is 2.25. The van der Waals surface area contributed by atoms with Crippen molar-refractivity contribution in [2.24, 2.45) is 0 Å². The van der Waals surface area contributed by atoms with Gasteiger partial charge in [0.15, 0.2) is 0 Å². The molecule has 0 saturated carbocycles. The molecule has 3 nitrogen and oxygen atoms in total. The molecule has 2 aliphatic heterocycles. The Bertz CT molecular complexity index is 387. The highest BCUT2D eigenvalue weighted by molar-refractivity contribution is 6.01. The summed E-state index contributed by atoms with van der Waals surface area (Å²) in [6.07, 6.45) is 0.996. The first-order chi connectivity index (χ1) is 6.36. The van der Waals surface area contributed by atoms with Gasteiger partial charge in [0.1, 0.15) is 0 Å². The molecule has 2 heterocycles. The van der Waals surface area contributed by atoms with E-state index in [1.54, 1.807) is 0 Å². The van der Waals surface area contributed by atoms with E-state index in [2.05, 4.69) is 10.6 Å². The molecule has 1 amide bonds. The van der Waals surface area contributed by atoms with E-state index in [1.165, 1.54) is 5.56 Å². The van der Waals surface area contributed by atoms with Crippen molar-refractivity contribution < 1.29 is 4.79 Å². The van der Waals surface area contributed by atoms with Gasteiger partial charge in [-0.25, -0.2) is 0 Å². The maximum atomic E-state index is 11.5. The maximum absolute atomic E-state index is 11.5. The van der Waals surface area contributed by atoms with Crippen LogP contribution in [0.1, 0.15) is 28.4 Å². The Kier molecular flexibility index (Phi) is 1.20. The topological polar surface area (TPSA) is 41.1 Å². The van der Waals surface area contributed by atoms with Gasteiger partial charge >= 0.3 is 0 Å². The number of carbonyl (C=O) groups is 1. The third-order valence-corrected chi connectivity index (χ3v) is 2.75. The normalized spacial score (nSPS) is 23.4. The quantitative estimate of drug-likeness (QED) is 0.622. The van der Waals surface area contributed by atoms with Crippen LogP contribution < -0.4 is 10.6 Å². The van der Waals surface area contributed by atoms with Crippen molar-refractivity contribution in [2.75, 3.05) is 11.9 Å². The maximum Gasteiger partial charge on any atom is 0.252 e. The lowest BCUT2D eigenvalue weighted by molar-refractivity contribution is 0.0955. The molecule has 3 rings (SSSR count). The van der Waals surface area contributed by atoms with Crippen LogP contribution in [0.5, 0.6) is 0 Å². The fraction of sp³-hybridized carbons (Fsp3) is 0.300. The third kappa shape index (κ3) is 0.813. The summed E-state index contributed by atoms with van der Waals surface area (Å²) in [6.45, 7) is 0.946. The molecular formula is C10H10N2O. The summed E-state index contributed by atoms with van der Waals surface area (Å²) in [6, 6.07) is 6.10. The van der Waals surface area contributed by atoms with Crippen LogP contribution in [-0.4, -0.2) is 12.5 Å². The van der Waals surface area contributed by atoms with Crippen LogP contribution >= 0.6 is 0 Å². The predicted octanol–water partition coefficient (Wildman–Crippen LogP) is 1.29. The summed E-state index contributed by atoms with van der Waals surface area (Å²) in [5.41, 5.74) is 3.13. The van der Waals surface area contributed by atoms with E-state index >= 15 is 0 Å². The highest BCUT2D eigenvalue weighted by Gasteiger charge is 2.32. The smallest absolute Gasteiger partial charge is 0.252 e.